The molecule has 184 valence electrons. The first-order valence-corrected chi connectivity index (χ1v) is 12.4. The van der Waals surface area contributed by atoms with Crippen molar-refractivity contribution in [3.8, 4) is 5.75 Å². The van der Waals surface area contributed by atoms with E-state index >= 15 is 0 Å². The van der Waals surface area contributed by atoms with Gasteiger partial charge in [-0.15, -0.1) is 0 Å². The molecule has 0 aromatic heterocycles. The summed E-state index contributed by atoms with van der Waals surface area (Å²) in [5.41, 5.74) is 5.23. The highest BCUT2D eigenvalue weighted by molar-refractivity contribution is 6.32. The van der Waals surface area contributed by atoms with E-state index in [4.69, 9.17) is 21.1 Å². The molecule has 0 saturated carbocycles. The van der Waals surface area contributed by atoms with Gasteiger partial charge in [-0.25, -0.2) is 4.79 Å². The summed E-state index contributed by atoms with van der Waals surface area (Å²) < 4.78 is 12.5. The number of hydrogen-bond donors (Lipinski definition) is 1. The maximum atomic E-state index is 11.3. The number of halogens is 1. The van der Waals surface area contributed by atoms with Crippen LogP contribution < -0.4 is 4.74 Å². The first-order valence-electron chi connectivity index (χ1n) is 12.0. The molecular formula is C29H37ClO4. The Labute approximate surface area is 208 Å². The summed E-state index contributed by atoms with van der Waals surface area (Å²) in [6.45, 7) is 16.5. The maximum absolute atomic E-state index is 11.3. The Morgan fingerprint density at radius 3 is 2.41 bits per heavy atom. The number of carboxylic acid groups (broad SMARTS) is 1. The van der Waals surface area contributed by atoms with Crippen LogP contribution in [0.4, 0.5) is 0 Å². The highest BCUT2D eigenvalue weighted by Gasteiger charge is 2.41. The Bertz CT molecular complexity index is 1040. The van der Waals surface area contributed by atoms with Crippen molar-refractivity contribution in [2.24, 2.45) is 5.92 Å². The van der Waals surface area contributed by atoms with Crippen LogP contribution in [0, 0.1) is 12.8 Å². The molecular weight excluding hydrogens is 448 g/mol. The van der Waals surface area contributed by atoms with Crippen molar-refractivity contribution in [2.45, 2.75) is 77.9 Å². The van der Waals surface area contributed by atoms with Crippen molar-refractivity contribution in [2.75, 3.05) is 6.61 Å². The number of aryl methyl sites for hydroxylation is 1. The molecule has 0 aliphatic carbocycles. The molecule has 2 aromatic carbocycles. The van der Waals surface area contributed by atoms with E-state index in [0.29, 0.717) is 10.8 Å². The van der Waals surface area contributed by atoms with Crippen molar-refractivity contribution >= 4 is 17.6 Å². The van der Waals surface area contributed by atoms with Gasteiger partial charge in [-0.2, -0.15) is 0 Å². The van der Waals surface area contributed by atoms with Gasteiger partial charge in [-0.05, 0) is 55.4 Å². The molecule has 1 fully saturated rings. The minimum absolute atomic E-state index is 0.00713. The van der Waals surface area contributed by atoms with Gasteiger partial charge >= 0.3 is 5.97 Å². The van der Waals surface area contributed by atoms with Gasteiger partial charge < -0.3 is 14.6 Å². The van der Waals surface area contributed by atoms with E-state index in [-0.39, 0.29) is 29.5 Å². The zero-order valence-electron chi connectivity index (χ0n) is 21.2. The Balaban J connectivity index is 2.10. The summed E-state index contributed by atoms with van der Waals surface area (Å²) in [6, 6.07) is 12.6. The fraction of sp³-hybridized carbons (Fsp3) is 0.483. The van der Waals surface area contributed by atoms with E-state index in [1.165, 1.54) is 11.1 Å². The predicted octanol–water partition coefficient (Wildman–Crippen LogP) is 7.63. The predicted molar refractivity (Wildman–Crippen MR) is 138 cm³/mol. The van der Waals surface area contributed by atoms with Crippen molar-refractivity contribution in [1.29, 1.82) is 0 Å². The lowest BCUT2D eigenvalue weighted by atomic mass is 9.74. The third-order valence-electron chi connectivity index (χ3n) is 6.77. The summed E-state index contributed by atoms with van der Waals surface area (Å²) >= 11 is 6.68. The number of benzene rings is 2. The summed E-state index contributed by atoms with van der Waals surface area (Å²) in [7, 11) is 0. The lowest BCUT2D eigenvalue weighted by Crippen LogP contribution is -2.36. The molecule has 0 amide bonds. The molecule has 4 nitrogen and oxygen atoms in total. The SMILES string of the molecule is C=C(C)[C@H]1C[C@H](c2ccc(C)cc2)[C@H](CC)O[C@@H]1c1cc(C(C)(C)C)cc(Cl)c1OCC(=O)O. The number of rotatable bonds is 7. The van der Waals surface area contributed by atoms with Gasteiger partial charge in [0.1, 0.15) is 5.75 Å². The molecule has 1 heterocycles. The zero-order valence-corrected chi connectivity index (χ0v) is 21.9. The van der Waals surface area contributed by atoms with Crippen LogP contribution in [0.25, 0.3) is 0 Å². The number of ether oxygens (including phenoxy) is 2. The molecule has 4 atom stereocenters. The Morgan fingerprint density at radius 2 is 1.88 bits per heavy atom. The first-order chi connectivity index (χ1) is 15.9. The molecule has 5 heteroatoms. The van der Waals surface area contributed by atoms with E-state index < -0.39 is 12.6 Å². The van der Waals surface area contributed by atoms with Crippen LogP contribution in [0.3, 0.4) is 0 Å². The van der Waals surface area contributed by atoms with Crippen molar-refractivity contribution in [3.63, 3.8) is 0 Å². The van der Waals surface area contributed by atoms with Gasteiger partial charge in [0, 0.05) is 17.4 Å². The third-order valence-corrected chi connectivity index (χ3v) is 7.05. The fourth-order valence-corrected chi connectivity index (χ4v) is 5.05. The monoisotopic (exact) mass is 484 g/mol. The third kappa shape index (κ3) is 5.84. The molecule has 0 bridgehead atoms. The molecule has 1 saturated heterocycles. The van der Waals surface area contributed by atoms with Crippen LogP contribution in [-0.4, -0.2) is 23.8 Å². The number of hydrogen-bond acceptors (Lipinski definition) is 3. The highest BCUT2D eigenvalue weighted by atomic mass is 35.5. The molecule has 1 N–H and O–H groups in total. The molecule has 0 unspecified atom stereocenters. The number of aliphatic carboxylic acids is 1. The van der Waals surface area contributed by atoms with Crippen molar-refractivity contribution in [1.82, 2.24) is 0 Å². The van der Waals surface area contributed by atoms with Crippen LogP contribution in [0.5, 0.6) is 5.75 Å². The summed E-state index contributed by atoms with van der Waals surface area (Å²) in [6.07, 6.45) is 1.42. The molecule has 34 heavy (non-hydrogen) atoms. The van der Waals surface area contributed by atoms with E-state index in [0.717, 1.165) is 29.5 Å². The smallest absolute Gasteiger partial charge is 0.341 e. The molecule has 0 spiro atoms. The maximum Gasteiger partial charge on any atom is 0.341 e. The quantitative estimate of drug-likeness (QED) is 0.410. The Kier molecular flexibility index (Phi) is 8.15. The molecule has 2 aromatic rings. The van der Waals surface area contributed by atoms with Gasteiger partial charge in [0.25, 0.3) is 0 Å². The lowest BCUT2D eigenvalue weighted by molar-refractivity contribution is -0.139. The Hall–Kier alpha value is -2.30. The van der Waals surface area contributed by atoms with Gasteiger partial charge in [-0.1, -0.05) is 81.3 Å². The fourth-order valence-electron chi connectivity index (χ4n) is 4.77. The van der Waals surface area contributed by atoms with Gasteiger partial charge in [0.15, 0.2) is 6.61 Å². The standard InChI is InChI=1S/C29H37ClO4/c1-8-25-22(19-11-9-18(4)10-12-19)15-21(17(2)3)27(34-25)23-13-20(29(5,6)7)14-24(30)28(23)33-16-26(31)32/h9-14,21-22,25,27H,2,8,15-16H2,1,3-7H3,(H,31,32)/t21-,22-,25+,27+/m1/s1. The summed E-state index contributed by atoms with van der Waals surface area (Å²) in [5.74, 6) is -0.383. The molecule has 1 aliphatic rings. The number of carbonyl (C=O) groups is 1. The van der Waals surface area contributed by atoms with E-state index in [1.54, 1.807) is 0 Å². The number of carboxylic acids is 1. The average molecular weight is 485 g/mol. The van der Waals surface area contributed by atoms with Gasteiger partial charge in [0.05, 0.1) is 17.2 Å². The highest BCUT2D eigenvalue weighted by Crippen LogP contribution is 2.50. The molecule has 1 aliphatic heterocycles. The van der Waals surface area contributed by atoms with Crippen molar-refractivity contribution in [3.05, 3.63) is 75.8 Å². The second-order valence-corrected chi connectivity index (χ2v) is 10.9. The Morgan fingerprint density at radius 1 is 1.24 bits per heavy atom. The summed E-state index contributed by atoms with van der Waals surface area (Å²) in [4.78, 5) is 11.3. The molecule has 0 radical (unpaired) electrons. The van der Waals surface area contributed by atoms with Crippen LogP contribution in [0.2, 0.25) is 5.02 Å². The largest absolute Gasteiger partial charge is 0.480 e. The van der Waals surface area contributed by atoms with Crippen LogP contribution in [0.15, 0.2) is 48.6 Å². The first kappa shape index (κ1) is 26.3. The van der Waals surface area contributed by atoms with E-state index in [2.05, 4.69) is 71.5 Å². The minimum Gasteiger partial charge on any atom is -0.480 e. The lowest BCUT2D eigenvalue weighted by Gasteiger charge is -2.43. The van der Waals surface area contributed by atoms with Crippen LogP contribution >= 0.6 is 11.6 Å². The summed E-state index contributed by atoms with van der Waals surface area (Å²) in [5, 5.41) is 9.64. The topological polar surface area (TPSA) is 55.8 Å². The van der Waals surface area contributed by atoms with Crippen LogP contribution in [0.1, 0.15) is 81.7 Å². The second-order valence-electron chi connectivity index (χ2n) is 10.5. The van der Waals surface area contributed by atoms with Gasteiger partial charge in [0.2, 0.25) is 0 Å². The van der Waals surface area contributed by atoms with E-state index in [1.807, 2.05) is 13.0 Å². The van der Waals surface area contributed by atoms with Crippen molar-refractivity contribution < 1.29 is 19.4 Å². The normalized spacial score (nSPS) is 22.9. The second kappa shape index (κ2) is 10.5. The zero-order chi connectivity index (χ0) is 25.2. The minimum atomic E-state index is -1.05. The molecule has 3 rings (SSSR count). The van der Waals surface area contributed by atoms with Gasteiger partial charge in [-0.3, -0.25) is 0 Å². The van der Waals surface area contributed by atoms with E-state index in [9.17, 15) is 9.90 Å². The average Bonchev–Trinajstić information content (AvgIpc) is 2.76. The van der Waals surface area contributed by atoms with Crippen LogP contribution in [-0.2, 0) is 14.9 Å².